The highest BCUT2D eigenvalue weighted by Gasteiger charge is 2.54. The van der Waals surface area contributed by atoms with Crippen molar-refractivity contribution in [3.8, 4) is 0 Å². The topological polar surface area (TPSA) is 165 Å². The Kier molecular flexibility index (Phi) is 7.50. The predicted molar refractivity (Wildman–Crippen MR) is 80.8 cm³/mol. The zero-order valence-electron chi connectivity index (χ0n) is 12.9. The molecule has 1 aliphatic heterocycles. The van der Waals surface area contributed by atoms with Gasteiger partial charge in [0.05, 0.1) is 0 Å². The lowest BCUT2D eigenvalue weighted by atomic mass is 9.91. The Balaban J connectivity index is 0.000000841. The number of rotatable bonds is 1. The SMILES string of the molecule is CC(C)=C1OC(O)(C(O)=C(C)C)[C@@H](O)[C@H](O)[C@@H]1O.O=S(=O)(O)Cl. The zero-order chi connectivity index (χ0) is 18.7. The Bertz CT molecular complexity index is 582. The van der Waals surface area contributed by atoms with Gasteiger partial charge in [0.15, 0.2) is 11.9 Å². The molecule has 23 heavy (non-hydrogen) atoms. The monoisotopic (exact) mass is 376 g/mol. The Labute approximate surface area is 138 Å². The maximum Gasteiger partial charge on any atom is 0.353 e. The van der Waals surface area contributed by atoms with Crippen LogP contribution in [0, 0.1) is 0 Å². The first-order valence-corrected chi connectivity index (χ1v) is 8.56. The molecule has 11 heteroatoms. The van der Waals surface area contributed by atoms with Crippen molar-refractivity contribution in [1.82, 2.24) is 0 Å². The van der Waals surface area contributed by atoms with Crippen LogP contribution in [0.1, 0.15) is 27.7 Å². The summed E-state index contributed by atoms with van der Waals surface area (Å²) in [5.74, 6) is -3.10. The fourth-order valence-corrected chi connectivity index (χ4v) is 1.79. The van der Waals surface area contributed by atoms with Gasteiger partial charge in [-0.1, -0.05) is 0 Å². The molecular formula is C12H21ClO9S. The Hall–Kier alpha value is -0.880. The van der Waals surface area contributed by atoms with Crippen LogP contribution in [0.25, 0.3) is 0 Å². The van der Waals surface area contributed by atoms with Crippen molar-refractivity contribution in [2.45, 2.75) is 51.8 Å². The third-order valence-electron chi connectivity index (χ3n) is 2.89. The molecule has 0 amide bonds. The summed E-state index contributed by atoms with van der Waals surface area (Å²) in [5.41, 5.74) is 0.849. The van der Waals surface area contributed by atoms with Crippen LogP contribution in [0.2, 0.25) is 0 Å². The number of allylic oxidation sites excluding steroid dienone is 2. The number of hydrogen-bond acceptors (Lipinski definition) is 8. The molecule has 0 aromatic rings. The van der Waals surface area contributed by atoms with Gasteiger partial charge < -0.3 is 30.3 Å². The second-order valence-electron chi connectivity index (χ2n) is 5.30. The highest BCUT2D eigenvalue weighted by Crippen LogP contribution is 2.36. The van der Waals surface area contributed by atoms with Crippen LogP contribution in [0.4, 0.5) is 0 Å². The predicted octanol–water partition coefficient (Wildman–Crippen LogP) is -0.0383. The molecule has 136 valence electrons. The van der Waals surface area contributed by atoms with E-state index in [-0.39, 0.29) is 5.76 Å². The highest BCUT2D eigenvalue weighted by atomic mass is 35.7. The average Bonchev–Trinajstić information content (AvgIpc) is 2.37. The molecule has 0 aromatic carbocycles. The molecule has 9 nitrogen and oxygen atoms in total. The van der Waals surface area contributed by atoms with E-state index in [0.29, 0.717) is 11.1 Å². The maximum absolute atomic E-state index is 10.2. The van der Waals surface area contributed by atoms with Crippen molar-refractivity contribution in [1.29, 1.82) is 0 Å². The molecular weight excluding hydrogens is 356 g/mol. The summed E-state index contributed by atoms with van der Waals surface area (Å²) in [6.45, 7) is 6.26. The van der Waals surface area contributed by atoms with Crippen molar-refractivity contribution >= 4 is 20.0 Å². The lowest BCUT2D eigenvalue weighted by molar-refractivity contribution is -0.289. The second kappa shape index (κ2) is 7.79. The lowest BCUT2D eigenvalue weighted by Crippen LogP contribution is -2.61. The summed E-state index contributed by atoms with van der Waals surface area (Å²) in [5, 5.41) is 49.3. The number of ether oxygens (including phenoxy) is 1. The molecule has 0 bridgehead atoms. The molecule has 6 N–H and O–H groups in total. The normalized spacial score (nSPS) is 30.7. The third-order valence-corrected chi connectivity index (χ3v) is 2.89. The van der Waals surface area contributed by atoms with E-state index in [1.165, 1.54) is 13.8 Å². The van der Waals surface area contributed by atoms with Gasteiger partial charge in [-0.2, -0.15) is 8.42 Å². The van der Waals surface area contributed by atoms with E-state index in [4.69, 9.17) is 17.7 Å². The van der Waals surface area contributed by atoms with Gasteiger partial charge in [-0.15, -0.1) is 0 Å². The molecule has 0 aliphatic carbocycles. The van der Waals surface area contributed by atoms with Crippen LogP contribution in [0.15, 0.2) is 22.7 Å². The maximum atomic E-state index is 10.2. The Morgan fingerprint density at radius 2 is 1.57 bits per heavy atom. The van der Waals surface area contributed by atoms with Crippen molar-refractivity contribution in [3.63, 3.8) is 0 Å². The smallest absolute Gasteiger partial charge is 0.353 e. The highest BCUT2D eigenvalue weighted by molar-refractivity contribution is 8.09. The number of aliphatic hydroxyl groups is 5. The largest absolute Gasteiger partial charge is 0.506 e. The minimum atomic E-state index is -4.19. The van der Waals surface area contributed by atoms with Gasteiger partial charge in [0.2, 0.25) is 0 Å². The summed E-state index contributed by atoms with van der Waals surface area (Å²) in [6, 6.07) is 0. The zero-order valence-corrected chi connectivity index (χ0v) is 14.5. The van der Waals surface area contributed by atoms with E-state index in [2.05, 4.69) is 10.7 Å². The first-order valence-electron chi connectivity index (χ1n) is 6.29. The quantitative estimate of drug-likeness (QED) is 0.209. The van der Waals surface area contributed by atoms with Crippen molar-refractivity contribution in [3.05, 3.63) is 22.7 Å². The molecule has 1 saturated heterocycles. The molecule has 1 rings (SSSR count). The van der Waals surface area contributed by atoms with Crippen molar-refractivity contribution in [2.24, 2.45) is 0 Å². The van der Waals surface area contributed by atoms with E-state index in [0.717, 1.165) is 0 Å². The van der Waals surface area contributed by atoms with E-state index in [1.807, 2.05) is 0 Å². The summed E-state index contributed by atoms with van der Waals surface area (Å²) < 4.78 is 30.3. The van der Waals surface area contributed by atoms with Crippen LogP contribution in [0.5, 0.6) is 0 Å². The van der Waals surface area contributed by atoms with Crippen LogP contribution in [-0.4, -0.2) is 62.6 Å². The molecule has 1 heterocycles. The fourth-order valence-electron chi connectivity index (χ4n) is 1.79. The summed E-state index contributed by atoms with van der Waals surface area (Å²) in [4.78, 5) is 0. The Morgan fingerprint density at radius 1 is 1.17 bits per heavy atom. The molecule has 0 saturated carbocycles. The molecule has 0 spiro atoms. The minimum absolute atomic E-state index is 0.0666. The van der Waals surface area contributed by atoms with Crippen LogP contribution < -0.4 is 0 Å². The molecule has 1 fully saturated rings. The van der Waals surface area contributed by atoms with Gasteiger partial charge in [-0.25, -0.2) is 0 Å². The third kappa shape index (κ3) is 5.92. The number of halogens is 1. The van der Waals surface area contributed by atoms with Gasteiger partial charge in [0, 0.05) is 10.7 Å². The summed E-state index contributed by atoms with van der Waals surface area (Å²) in [7, 11) is -0.137. The van der Waals surface area contributed by atoms with Gasteiger partial charge in [0.25, 0.3) is 5.79 Å². The van der Waals surface area contributed by atoms with Gasteiger partial charge in [0.1, 0.15) is 18.0 Å². The lowest BCUT2D eigenvalue weighted by Gasteiger charge is -2.43. The fraction of sp³-hybridized carbons (Fsp3) is 0.667. The standard InChI is InChI=1S/C12H20O6.ClHO3S/c1-5(2)9-7(13)8(14)11(16)12(17,18-9)10(15)6(3)4;1-5(2,3)4/h7-8,11,13-17H,1-4H3;(H,2,3,4)/t7-,8+,11-,12?;/m0./s1. The van der Waals surface area contributed by atoms with Gasteiger partial charge in [-0.05, 0) is 38.8 Å². The number of hydrogen-bond donors (Lipinski definition) is 6. The van der Waals surface area contributed by atoms with Crippen LogP contribution in [-0.2, 0) is 14.1 Å². The molecule has 0 aromatic heterocycles. The first-order chi connectivity index (χ1) is 10.1. The summed E-state index contributed by atoms with van der Waals surface area (Å²) in [6.07, 6.45) is -4.96. The first kappa shape index (κ1) is 22.1. The van der Waals surface area contributed by atoms with E-state index in [1.54, 1.807) is 13.8 Å². The summed E-state index contributed by atoms with van der Waals surface area (Å²) >= 11 is 0. The molecule has 4 atom stereocenters. The molecule has 1 aliphatic rings. The average molecular weight is 377 g/mol. The number of aliphatic hydroxyl groups excluding tert-OH is 4. The van der Waals surface area contributed by atoms with E-state index >= 15 is 0 Å². The van der Waals surface area contributed by atoms with Crippen molar-refractivity contribution < 1.29 is 43.2 Å². The molecule has 1 unspecified atom stereocenters. The van der Waals surface area contributed by atoms with Gasteiger partial charge >= 0.3 is 9.33 Å². The van der Waals surface area contributed by atoms with Crippen molar-refractivity contribution in [2.75, 3.05) is 0 Å². The van der Waals surface area contributed by atoms with Gasteiger partial charge in [-0.3, -0.25) is 4.55 Å². The second-order valence-corrected chi connectivity index (χ2v) is 7.30. The minimum Gasteiger partial charge on any atom is -0.506 e. The van der Waals surface area contributed by atoms with Crippen LogP contribution in [0.3, 0.4) is 0 Å². The van der Waals surface area contributed by atoms with E-state index in [9.17, 15) is 25.5 Å². The molecule has 0 radical (unpaired) electrons. The Morgan fingerprint density at radius 3 is 1.87 bits per heavy atom. The van der Waals surface area contributed by atoms with Crippen LogP contribution >= 0.6 is 10.7 Å². The van der Waals surface area contributed by atoms with E-state index < -0.39 is 39.2 Å².